The Bertz CT molecular complexity index is 944. The molecule has 1 aromatic carbocycles. The van der Waals surface area contributed by atoms with Gasteiger partial charge >= 0.3 is 5.97 Å². The zero-order valence-corrected chi connectivity index (χ0v) is 16.3. The summed E-state index contributed by atoms with van der Waals surface area (Å²) in [6.07, 6.45) is 1.54. The Morgan fingerprint density at radius 3 is 2.30 bits per heavy atom. The average Bonchev–Trinajstić information content (AvgIpc) is 2.73. The van der Waals surface area contributed by atoms with E-state index in [9.17, 15) is 19.5 Å². The molecular formula is C21H27NO5. The van der Waals surface area contributed by atoms with Gasteiger partial charge in [-0.05, 0) is 42.9 Å². The summed E-state index contributed by atoms with van der Waals surface area (Å²) >= 11 is 0. The molecule has 0 saturated carbocycles. The minimum absolute atomic E-state index is 0.0749. The number of hydrogen-bond donors (Lipinski definition) is 1. The molecule has 0 aliphatic rings. The molecule has 0 aliphatic heterocycles. The highest BCUT2D eigenvalue weighted by Crippen LogP contribution is 2.17. The van der Waals surface area contributed by atoms with Gasteiger partial charge in [0, 0.05) is 18.0 Å². The molecule has 0 fully saturated rings. The van der Waals surface area contributed by atoms with Gasteiger partial charge in [-0.3, -0.25) is 9.59 Å². The van der Waals surface area contributed by atoms with Crippen LogP contribution in [0, 0.1) is 11.8 Å². The van der Waals surface area contributed by atoms with E-state index in [4.69, 9.17) is 4.74 Å². The topological polar surface area (TPSA) is 85.6 Å². The second kappa shape index (κ2) is 8.84. The number of aromatic nitrogens is 1. The van der Waals surface area contributed by atoms with Gasteiger partial charge in [-0.15, -0.1) is 0 Å². The smallest absolute Gasteiger partial charge is 0.352 e. The Hall–Kier alpha value is -2.63. The van der Waals surface area contributed by atoms with Crippen LogP contribution in [0.15, 0.2) is 33.9 Å². The van der Waals surface area contributed by atoms with Crippen LogP contribution in [-0.4, -0.2) is 22.2 Å². The minimum atomic E-state index is -1.17. The van der Waals surface area contributed by atoms with Gasteiger partial charge in [-0.2, -0.15) is 0 Å². The van der Waals surface area contributed by atoms with Gasteiger partial charge in [0.15, 0.2) is 11.2 Å². The number of pyridine rings is 1. The molecule has 0 amide bonds. The first kappa shape index (κ1) is 20.7. The summed E-state index contributed by atoms with van der Waals surface area (Å²) in [7, 11) is 0. The number of aromatic carboxylic acids is 1. The molecule has 6 nitrogen and oxygen atoms in total. The van der Waals surface area contributed by atoms with E-state index in [0.717, 1.165) is 18.9 Å². The number of rotatable bonds is 8. The number of ether oxygens (including phenoxy) is 1. The van der Waals surface area contributed by atoms with Gasteiger partial charge in [-0.25, -0.2) is 4.79 Å². The maximum absolute atomic E-state index is 12.5. The van der Waals surface area contributed by atoms with Crippen LogP contribution in [0.25, 0.3) is 10.9 Å². The van der Waals surface area contributed by atoms with Crippen LogP contribution in [0.2, 0.25) is 0 Å². The number of carboxylic acid groups (broad SMARTS) is 1. The lowest BCUT2D eigenvalue weighted by atomic mass is 10.1. The Labute approximate surface area is 158 Å². The summed E-state index contributed by atoms with van der Waals surface area (Å²) in [6.45, 7) is 9.03. The van der Waals surface area contributed by atoms with E-state index in [-0.39, 0.29) is 22.3 Å². The van der Waals surface area contributed by atoms with Crippen molar-refractivity contribution in [2.75, 3.05) is 6.61 Å². The van der Waals surface area contributed by atoms with Crippen molar-refractivity contribution in [2.45, 2.75) is 47.1 Å². The molecule has 146 valence electrons. The van der Waals surface area contributed by atoms with Gasteiger partial charge < -0.3 is 14.4 Å². The number of fused-ring (bicyclic) bond motifs is 1. The van der Waals surface area contributed by atoms with Crippen LogP contribution in [0.1, 0.15) is 51.0 Å². The highest BCUT2D eigenvalue weighted by atomic mass is 16.5. The normalized spacial score (nSPS) is 11.3. The number of nitrogens with zero attached hydrogens (tertiary/aromatic N) is 1. The molecule has 0 atom stereocenters. The molecule has 0 radical (unpaired) electrons. The highest BCUT2D eigenvalue weighted by Gasteiger charge is 2.15. The Morgan fingerprint density at radius 1 is 1.04 bits per heavy atom. The largest absolute Gasteiger partial charge is 0.489 e. The predicted molar refractivity (Wildman–Crippen MR) is 106 cm³/mol. The molecular weight excluding hydrogens is 346 g/mol. The van der Waals surface area contributed by atoms with E-state index in [2.05, 4.69) is 13.8 Å². The molecule has 1 heterocycles. The lowest BCUT2D eigenvalue weighted by molar-refractivity contribution is 0.0684. The van der Waals surface area contributed by atoms with E-state index in [1.807, 2.05) is 13.8 Å². The Kier molecular flexibility index (Phi) is 6.77. The molecule has 1 aromatic heterocycles. The van der Waals surface area contributed by atoms with Gasteiger partial charge in [-0.1, -0.05) is 27.7 Å². The van der Waals surface area contributed by atoms with Crippen LogP contribution in [0.5, 0.6) is 5.75 Å². The number of carbonyl (C=O) groups is 1. The van der Waals surface area contributed by atoms with Crippen molar-refractivity contribution < 1.29 is 14.6 Å². The van der Waals surface area contributed by atoms with Crippen molar-refractivity contribution in [2.24, 2.45) is 11.8 Å². The summed E-state index contributed by atoms with van der Waals surface area (Å²) < 4.78 is 7.20. The van der Waals surface area contributed by atoms with E-state index in [0.29, 0.717) is 30.5 Å². The maximum atomic E-state index is 12.5. The monoisotopic (exact) mass is 373 g/mol. The van der Waals surface area contributed by atoms with Crippen LogP contribution >= 0.6 is 0 Å². The van der Waals surface area contributed by atoms with Crippen LogP contribution in [0.4, 0.5) is 0 Å². The lowest BCUT2D eigenvalue weighted by Crippen LogP contribution is -2.18. The molecule has 0 aliphatic carbocycles. The van der Waals surface area contributed by atoms with Crippen molar-refractivity contribution in [3.8, 4) is 5.75 Å². The van der Waals surface area contributed by atoms with Crippen LogP contribution < -0.4 is 15.6 Å². The molecule has 6 heteroatoms. The molecule has 1 N–H and O–H groups in total. The predicted octanol–water partition coefficient (Wildman–Crippen LogP) is 3.53. The van der Waals surface area contributed by atoms with Gasteiger partial charge in [0.2, 0.25) is 5.43 Å². The van der Waals surface area contributed by atoms with E-state index < -0.39 is 11.4 Å². The van der Waals surface area contributed by atoms with Gasteiger partial charge in [0.05, 0.1) is 12.1 Å². The minimum Gasteiger partial charge on any atom is -0.489 e. The first-order valence-corrected chi connectivity index (χ1v) is 9.28. The fourth-order valence-corrected chi connectivity index (χ4v) is 2.77. The van der Waals surface area contributed by atoms with Gasteiger partial charge in [0.25, 0.3) is 0 Å². The highest BCUT2D eigenvalue weighted by molar-refractivity contribution is 5.90. The summed E-state index contributed by atoms with van der Waals surface area (Å²) in [6, 6.07) is 5.41. The van der Waals surface area contributed by atoms with Crippen molar-refractivity contribution in [1.29, 1.82) is 0 Å². The molecule has 0 saturated heterocycles. The zero-order chi connectivity index (χ0) is 20.1. The third kappa shape index (κ3) is 5.18. The molecule has 2 rings (SSSR count). The zero-order valence-electron chi connectivity index (χ0n) is 16.3. The van der Waals surface area contributed by atoms with Gasteiger partial charge in [0.1, 0.15) is 5.69 Å². The number of hydrogen-bond acceptors (Lipinski definition) is 4. The first-order valence-electron chi connectivity index (χ1n) is 9.28. The quantitative estimate of drug-likeness (QED) is 0.765. The average molecular weight is 373 g/mol. The molecule has 2 aromatic rings. The second-order valence-electron chi connectivity index (χ2n) is 7.57. The lowest BCUT2D eigenvalue weighted by Gasteiger charge is -2.15. The summed E-state index contributed by atoms with van der Waals surface area (Å²) in [5.41, 5.74) is -0.417. The summed E-state index contributed by atoms with van der Waals surface area (Å²) in [5, 5.41) is 9.79. The van der Waals surface area contributed by atoms with Crippen molar-refractivity contribution in [1.82, 2.24) is 4.57 Å². The van der Waals surface area contributed by atoms with Crippen molar-refractivity contribution >= 4 is 16.9 Å². The molecule has 0 spiro atoms. The van der Waals surface area contributed by atoms with E-state index >= 15 is 0 Å². The number of carboxylic acids is 1. The van der Waals surface area contributed by atoms with Crippen molar-refractivity contribution in [3.63, 3.8) is 0 Å². The van der Waals surface area contributed by atoms with E-state index in [1.165, 1.54) is 18.2 Å². The second-order valence-corrected chi connectivity index (χ2v) is 7.57. The fourth-order valence-electron chi connectivity index (χ4n) is 2.77. The standard InChI is InChI=1S/C21H27NO5/c1-13(2)7-9-22-16-5-6-18(23)20(27-10-8-14(3)4)11-15(16)19(24)12-17(22)21(25)26/h5-6,11-14H,7-10H2,1-4H3,(H,25,26). The van der Waals surface area contributed by atoms with E-state index in [1.54, 1.807) is 4.57 Å². The third-order valence-corrected chi connectivity index (χ3v) is 4.40. The van der Waals surface area contributed by atoms with Crippen LogP contribution in [-0.2, 0) is 6.54 Å². The Balaban J connectivity index is 2.65. The third-order valence-electron chi connectivity index (χ3n) is 4.40. The first-order chi connectivity index (χ1) is 12.7. The Morgan fingerprint density at radius 2 is 1.70 bits per heavy atom. The summed E-state index contributed by atoms with van der Waals surface area (Å²) in [5.74, 6) is -0.259. The number of aryl methyl sites for hydroxylation is 1. The maximum Gasteiger partial charge on any atom is 0.352 e. The van der Waals surface area contributed by atoms with Crippen molar-refractivity contribution in [3.05, 3.63) is 50.4 Å². The SMILES string of the molecule is CC(C)CCOc1cc2c(=O)cc(C(=O)O)n(CCC(C)C)c2ccc1=O. The molecule has 0 bridgehead atoms. The fraction of sp³-hybridized carbons (Fsp3) is 0.476. The van der Waals surface area contributed by atoms with Crippen LogP contribution in [0.3, 0.4) is 0 Å². The molecule has 27 heavy (non-hydrogen) atoms. The summed E-state index contributed by atoms with van der Waals surface area (Å²) in [4.78, 5) is 36.5. The molecule has 0 unspecified atom stereocenters.